The first-order valence-electron chi connectivity index (χ1n) is 6.63. The maximum atomic E-state index is 13.7. The number of benzene rings is 2. The van der Waals surface area contributed by atoms with E-state index in [9.17, 15) is 8.78 Å². The number of aryl methyl sites for hydroxylation is 1. The summed E-state index contributed by atoms with van der Waals surface area (Å²) in [6.45, 7) is 2.08. The van der Waals surface area contributed by atoms with E-state index in [1.807, 2.05) is 24.3 Å². The molecule has 1 atom stereocenters. The lowest BCUT2D eigenvalue weighted by atomic mass is 9.97. The summed E-state index contributed by atoms with van der Waals surface area (Å²) in [4.78, 5) is 0. The molecule has 0 spiro atoms. The molecule has 0 amide bonds. The second kappa shape index (κ2) is 6.59. The minimum atomic E-state index is -0.573. The summed E-state index contributed by atoms with van der Waals surface area (Å²) >= 11 is 0. The van der Waals surface area contributed by atoms with E-state index < -0.39 is 11.6 Å². The predicted molar refractivity (Wildman–Crippen MR) is 75.9 cm³/mol. The van der Waals surface area contributed by atoms with Crippen molar-refractivity contribution in [1.82, 2.24) is 5.43 Å². The summed E-state index contributed by atoms with van der Waals surface area (Å²) in [5.74, 6) is 4.44. The zero-order chi connectivity index (χ0) is 14.5. The maximum absolute atomic E-state index is 13.7. The molecule has 2 rings (SSSR count). The van der Waals surface area contributed by atoms with Gasteiger partial charge >= 0.3 is 0 Å². The summed E-state index contributed by atoms with van der Waals surface area (Å²) in [6, 6.07) is 11.4. The Morgan fingerprint density at radius 2 is 1.80 bits per heavy atom. The van der Waals surface area contributed by atoms with Crippen molar-refractivity contribution in [2.24, 2.45) is 5.84 Å². The SMILES string of the molecule is CCc1ccc(C(Cc2ccc(F)cc2F)NN)cc1. The van der Waals surface area contributed by atoms with Crippen LogP contribution in [0.15, 0.2) is 42.5 Å². The van der Waals surface area contributed by atoms with Crippen molar-refractivity contribution in [2.45, 2.75) is 25.8 Å². The standard InChI is InChI=1S/C16H18F2N2/c1-2-11-3-5-12(6-4-11)16(20-19)9-13-7-8-14(17)10-15(13)18/h3-8,10,16,20H,2,9,19H2,1H3. The summed E-state index contributed by atoms with van der Waals surface area (Å²) < 4.78 is 26.6. The normalized spacial score (nSPS) is 12.4. The molecule has 0 bridgehead atoms. The third kappa shape index (κ3) is 3.40. The highest BCUT2D eigenvalue weighted by Crippen LogP contribution is 2.20. The molecule has 1 unspecified atom stereocenters. The van der Waals surface area contributed by atoms with E-state index in [4.69, 9.17) is 5.84 Å². The van der Waals surface area contributed by atoms with E-state index in [2.05, 4.69) is 12.3 Å². The largest absolute Gasteiger partial charge is 0.271 e. The Balaban J connectivity index is 2.19. The molecule has 2 aromatic rings. The van der Waals surface area contributed by atoms with Crippen LogP contribution in [-0.2, 0) is 12.8 Å². The molecule has 20 heavy (non-hydrogen) atoms. The molecule has 4 heteroatoms. The quantitative estimate of drug-likeness (QED) is 0.649. The van der Waals surface area contributed by atoms with Gasteiger partial charge in [-0.25, -0.2) is 8.78 Å². The van der Waals surface area contributed by atoms with Crippen LogP contribution in [0.25, 0.3) is 0 Å². The number of hydrazine groups is 1. The Bertz CT molecular complexity index is 567. The highest BCUT2D eigenvalue weighted by Gasteiger charge is 2.13. The van der Waals surface area contributed by atoms with Gasteiger partial charge in [0.25, 0.3) is 0 Å². The molecule has 2 aromatic carbocycles. The molecular weight excluding hydrogens is 258 g/mol. The van der Waals surface area contributed by atoms with E-state index in [1.54, 1.807) is 0 Å². The lowest BCUT2D eigenvalue weighted by Crippen LogP contribution is -2.29. The van der Waals surface area contributed by atoms with Gasteiger partial charge in [0.05, 0.1) is 6.04 Å². The van der Waals surface area contributed by atoms with Gasteiger partial charge in [-0.15, -0.1) is 0 Å². The first kappa shape index (κ1) is 14.6. The van der Waals surface area contributed by atoms with Gasteiger partial charge in [-0.2, -0.15) is 0 Å². The Labute approximate surface area is 117 Å². The molecular formula is C16H18F2N2. The van der Waals surface area contributed by atoms with Crippen LogP contribution in [0.3, 0.4) is 0 Å². The Morgan fingerprint density at radius 1 is 1.10 bits per heavy atom. The third-order valence-electron chi connectivity index (χ3n) is 3.43. The summed E-state index contributed by atoms with van der Waals surface area (Å²) in [5, 5.41) is 0. The van der Waals surface area contributed by atoms with E-state index in [0.717, 1.165) is 18.1 Å². The first-order chi connectivity index (χ1) is 9.63. The van der Waals surface area contributed by atoms with Gasteiger partial charge in [0.2, 0.25) is 0 Å². The summed E-state index contributed by atoms with van der Waals surface area (Å²) in [7, 11) is 0. The molecule has 106 valence electrons. The Hall–Kier alpha value is -1.78. The second-order valence-electron chi connectivity index (χ2n) is 4.75. The van der Waals surface area contributed by atoms with Crippen molar-refractivity contribution in [3.05, 3.63) is 70.8 Å². The summed E-state index contributed by atoms with van der Waals surface area (Å²) in [6.07, 6.45) is 1.33. The van der Waals surface area contributed by atoms with E-state index >= 15 is 0 Å². The zero-order valence-electron chi connectivity index (χ0n) is 11.4. The lowest BCUT2D eigenvalue weighted by Gasteiger charge is -2.17. The van der Waals surface area contributed by atoms with Crippen molar-refractivity contribution in [3.8, 4) is 0 Å². The van der Waals surface area contributed by atoms with E-state index in [-0.39, 0.29) is 6.04 Å². The van der Waals surface area contributed by atoms with Gasteiger partial charge in [0, 0.05) is 6.07 Å². The van der Waals surface area contributed by atoms with Crippen LogP contribution in [-0.4, -0.2) is 0 Å². The molecule has 0 aliphatic carbocycles. The lowest BCUT2D eigenvalue weighted by molar-refractivity contribution is 0.522. The van der Waals surface area contributed by atoms with Crippen LogP contribution in [0.5, 0.6) is 0 Å². The third-order valence-corrected chi connectivity index (χ3v) is 3.43. The van der Waals surface area contributed by atoms with Crippen LogP contribution in [0.4, 0.5) is 8.78 Å². The van der Waals surface area contributed by atoms with Crippen LogP contribution >= 0.6 is 0 Å². The minimum absolute atomic E-state index is 0.208. The average molecular weight is 276 g/mol. The zero-order valence-corrected chi connectivity index (χ0v) is 11.4. The fourth-order valence-electron chi connectivity index (χ4n) is 2.17. The predicted octanol–water partition coefficient (Wildman–Crippen LogP) is 3.27. The van der Waals surface area contributed by atoms with Crippen LogP contribution in [0.1, 0.15) is 29.7 Å². The van der Waals surface area contributed by atoms with Crippen molar-refractivity contribution >= 4 is 0 Å². The molecule has 2 nitrogen and oxygen atoms in total. The Kier molecular flexibility index (Phi) is 4.82. The van der Waals surface area contributed by atoms with Crippen molar-refractivity contribution in [1.29, 1.82) is 0 Å². The molecule has 0 radical (unpaired) electrons. The minimum Gasteiger partial charge on any atom is -0.271 e. The Morgan fingerprint density at radius 3 is 2.35 bits per heavy atom. The number of hydrogen-bond acceptors (Lipinski definition) is 2. The van der Waals surface area contributed by atoms with E-state index in [0.29, 0.717) is 12.0 Å². The monoisotopic (exact) mass is 276 g/mol. The van der Waals surface area contributed by atoms with Gasteiger partial charge < -0.3 is 0 Å². The first-order valence-corrected chi connectivity index (χ1v) is 6.63. The molecule has 0 heterocycles. The van der Waals surface area contributed by atoms with Crippen molar-refractivity contribution < 1.29 is 8.78 Å². The molecule has 0 aliphatic heterocycles. The highest BCUT2D eigenvalue weighted by molar-refractivity contribution is 5.28. The van der Waals surface area contributed by atoms with Crippen LogP contribution in [0, 0.1) is 11.6 Å². The van der Waals surface area contributed by atoms with Crippen molar-refractivity contribution in [2.75, 3.05) is 0 Å². The number of halogens is 2. The highest BCUT2D eigenvalue weighted by atomic mass is 19.1. The van der Waals surface area contributed by atoms with E-state index in [1.165, 1.54) is 17.7 Å². The van der Waals surface area contributed by atoms with Crippen molar-refractivity contribution in [3.63, 3.8) is 0 Å². The van der Waals surface area contributed by atoms with Gasteiger partial charge in [-0.05, 0) is 35.6 Å². The van der Waals surface area contributed by atoms with Gasteiger partial charge in [0.1, 0.15) is 11.6 Å². The molecule has 0 saturated carbocycles. The number of hydrogen-bond donors (Lipinski definition) is 2. The number of nitrogens with two attached hydrogens (primary N) is 1. The van der Waals surface area contributed by atoms with Crippen LogP contribution < -0.4 is 11.3 Å². The second-order valence-corrected chi connectivity index (χ2v) is 4.75. The molecule has 0 aliphatic rings. The average Bonchev–Trinajstić information content (AvgIpc) is 2.47. The van der Waals surface area contributed by atoms with Gasteiger partial charge in [-0.3, -0.25) is 11.3 Å². The topological polar surface area (TPSA) is 38.0 Å². The maximum Gasteiger partial charge on any atom is 0.129 e. The summed E-state index contributed by atoms with van der Waals surface area (Å²) in [5.41, 5.74) is 5.34. The fraction of sp³-hybridized carbons (Fsp3) is 0.250. The van der Waals surface area contributed by atoms with Gasteiger partial charge in [0.15, 0.2) is 0 Å². The smallest absolute Gasteiger partial charge is 0.129 e. The number of rotatable bonds is 5. The number of nitrogens with one attached hydrogen (secondary N) is 1. The van der Waals surface area contributed by atoms with Crippen LogP contribution in [0.2, 0.25) is 0 Å². The molecule has 0 fully saturated rings. The fourth-order valence-corrected chi connectivity index (χ4v) is 2.17. The molecule has 3 N–H and O–H groups in total. The van der Waals surface area contributed by atoms with Gasteiger partial charge in [-0.1, -0.05) is 37.3 Å². The molecule has 0 saturated heterocycles. The molecule has 0 aromatic heterocycles.